The summed E-state index contributed by atoms with van der Waals surface area (Å²) in [5.74, 6) is -5.15. The number of halogens is 2. The summed E-state index contributed by atoms with van der Waals surface area (Å²) in [5.41, 5.74) is 0.0608. The Bertz CT molecular complexity index is 867. The summed E-state index contributed by atoms with van der Waals surface area (Å²) in [5, 5.41) is 11.4. The Hall–Kier alpha value is -2.59. The van der Waals surface area contributed by atoms with Crippen molar-refractivity contribution in [1.29, 1.82) is 0 Å². The Morgan fingerprint density at radius 1 is 1.17 bits per heavy atom. The lowest BCUT2D eigenvalue weighted by molar-refractivity contribution is -0.148. The summed E-state index contributed by atoms with van der Waals surface area (Å²) < 4.78 is 26.6. The zero-order valence-electron chi connectivity index (χ0n) is 16.6. The van der Waals surface area contributed by atoms with Crippen molar-refractivity contribution in [2.45, 2.75) is 51.1 Å². The highest BCUT2D eigenvalue weighted by molar-refractivity contribution is 6.00. The number of carbonyl (C=O) groups is 3. The maximum Gasteiger partial charge on any atom is 0.229 e. The maximum atomic E-state index is 13.4. The molecule has 3 aliphatic rings. The van der Waals surface area contributed by atoms with Gasteiger partial charge in [-0.25, -0.2) is 8.78 Å². The van der Waals surface area contributed by atoms with Gasteiger partial charge >= 0.3 is 0 Å². The zero-order valence-corrected chi connectivity index (χ0v) is 16.6. The van der Waals surface area contributed by atoms with Crippen LogP contribution in [0.1, 0.15) is 32.6 Å². The van der Waals surface area contributed by atoms with Crippen LogP contribution in [0.15, 0.2) is 18.2 Å². The first-order chi connectivity index (χ1) is 14.3. The highest BCUT2D eigenvalue weighted by atomic mass is 19.2. The summed E-state index contributed by atoms with van der Waals surface area (Å²) >= 11 is 0. The minimum absolute atomic E-state index is 0.0608. The molecule has 30 heavy (non-hydrogen) atoms. The van der Waals surface area contributed by atoms with Crippen molar-refractivity contribution in [1.82, 2.24) is 20.9 Å². The third-order valence-corrected chi connectivity index (χ3v) is 6.14. The SMILES string of the molecule is CC1CCCCN1C1NC(=O)C2C(NC(=O)CC2C(=O)Nc2ccc(F)c(F)c2)N1. The molecule has 0 aliphatic carbocycles. The number of nitrogens with zero attached hydrogens (tertiary/aromatic N) is 1. The van der Waals surface area contributed by atoms with Crippen LogP contribution in [0, 0.1) is 23.5 Å². The van der Waals surface area contributed by atoms with Gasteiger partial charge in [0, 0.05) is 30.8 Å². The summed E-state index contributed by atoms with van der Waals surface area (Å²) in [6.45, 7) is 2.92. The first-order valence-electron chi connectivity index (χ1n) is 10.2. The third kappa shape index (κ3) is 4.01. The number of likely N-dealkylation sites (tertiary alicyclic amines) is 1. The molecule has 3 heterocycles. The molecule has 162 valence electrons. The predicted octanol–water partition coefficient (Wildman–Crippen LogP) is 0.859. The lowest BCUT2D eigenvalue weighted by atomic mass is 9.81. The van der Waals surface area contributed by atoms with Gasteiger partial charge in [-0.15, -0.1) is 0 Å². The van der Waals surface area contributed by atoms with Crippen LogP contribution >= 0.6 is 0 Å². The molecule has 0 bridgehead atoms. The molecule has 1 aromatic rings. The maximum absolute atomic E-state index is 13.4. The number of benzene rings is 1. The molecule has 0 spiro atoms. The van der Waals surface area contributed by atoms with Crippen molar-refractivity contribution in [2.75, 3.05) is 11.9 Å². The fourth-order valence-electron chi connectivity index (χ4n) is 4.55. The quantitative estimate of drug-likeness (QED) is 0.580. The molecule has 0 aromatic heterocycles. The Balaban J connectivity index is 1.50. The third-order valence-electron chi connectivity index (χ3n) is 6.14. The average molecular weight is 421 g/mol. The van der Waals surface area contributed by atoms with Gasteiger partial charge in [0.15, 0.2) is 11.6 Å². The van der Waals surface area contributed by atoms with Crippen molar-refractivity contribution < 1.29 is 23.2 Å². The van der Waals surface area contributed by atoms with Gasteiger partial charge in [0.05, 0.1) is 18.0 Å². The molecule has 0 saturated carbocycles. The van der Waals surface area contributed by atoms with Crippen molar-refractivity contribution in [3.63, 3.8) is 0 Å². The standard InChI is InChI=1S/C20H25F2N5O3/c1-10-4-2-3-7-27(10)20-25-17-16(19(30)26-20)12(9-15(28)24-17)18(29)23-11-5-6-13(21)14(22)8-11/h5-6,8,10,12,16-17,20,25H,2-4,7,9H2,1H3,(H,23,29)(H,24,28)(H,26,30). The van der Waals surface area contributed by atoms with Gasteiger partial charge in [-0.2, -0.15) is 0 Å². The molecule has 3 fully saturated rings. The Morgan fingerprint density at radius 2 is 1.97 bits per heavy atom. The lowest BCUT2D eigenvalue weighted by Gasteiger charge is -2.48. The van der Waals surface area contributed by atoms with Crippen LogP contribution in [0.2, 0.25) is 0 Å². The zero-order chi connectivity index (χ0) is 21.4. The van der Waals surface area contributed by atoms with Crippen LogP contribution < -0.4 is 21.3 Å². The average Bonchev–Trinajstić information content (AvgIpc) is 2.70. The van der Waals surface area contributed by atoms with Crippen molar-refractivity contribution in [2.24, 2.45) is 11.8 Å². The van der Waals surface area contributed by atoms with Crippen LogP contribution in [-0.4, -0.2) is 47.7 Å². The molecule has 4 N–H and O–H groups in total. The van der Waals surface area contributed by atoms with Crippen molar-refractivity contribution >= 4 is 23.4 Å². The van der Waals surface area contributed by atoms with Gasteiger partial charge in [-0.3, -0.25) is 24.6 Å². The van der Waals surface area contributed by atoms with E-state index in [0.29, 0.717) is 0 Å². The second kappa shape index (κ2) is 8.27. The molecule has 3 amide bonds. The molecule has 3 saturated heterocycles. The molecule has 4 rings (SSSR count). The van der Waals surface area contributed by atoms with E-state index in [1.165, 1.54) is 6.07 Å². The second-order valence-electron chi connectivity index (χ2n) is 8.16. The van der Waals surface area contributed by atoms with E-state index in [0.717, 1.165) is 37.9 Å². The topological polar surface area (TPSA) is 103 Å². The van der Waals surface area contributed by atoms with Gasteiger partial charge in [0.2, 0.25) is 17.7 Å². The highest BCUT2D eigenvalue weighted by Crippen LogP contribution is 2.29. The Morgan fingerprint density at radius 3 is 2.70 bits per heavy atom. The largest absolute Gasteiger partial charge is 0.340 e. The van der Waals surface area contributed by atoms with E-state index in [1.807, 2.05) is 0 Å². The van der Waals surface area contributed by atoms with E-state index in [2.05, 4.69) is 33.1 Å². The first-order valence-corrected chi connectivity index (χ1v) is 10.2. The van der Waals surface area contributed by atoms with Gasteiger partial charge in [-0.05, 0) is 31.9 Å². The summed E-state index contributed by atoms with van der Waals surface area (Å²) in [4.78, 5) is 40.2. The van der Waals surface area contributed by atoms with E-state index in [4.69, 9.17) is 0 Å². The number of piperidine rings is 2. The number of anilines is 1. The number of rotatable bonds is 3. The lowest BCUT2D eigenvalue weighted by Crippen LogP contribution is -2.75. The minimum Gasteiger partial charge on any atom is -0.340 e. The summed E-state index contributed by atoms with van der Waals surface area (Å²) in [6.07, 6.45) is 1.89. The number of nitrogens with one attached hydrogen (secondary N) is 4. The molecular formula is C20H25F2N5O3. The van der Waals surface area contributed by atoms with Gasteiger partial charge in [-0.1, -0.05) is 6.42 Å². The number of fused-ring (bicyclic) bond motifs is 1. The second-order valence-corrected chi connectivity index (χ2v) is 8.16. The minimum atomic E-state index is -1.09. The Labute approximate surface area is 172 Å². The summed E-state index contributed by atoms with van der Waals surface area (Å²) in [6, 6.07) is 3.27. The van der Waals surface area contributed by atoms with E-state index in [1.54, 1.807) is 0 Å². The molecule has 8 nitrogen and oxygen atoms in total. The molecule has 3 aliphatic heterocycles. The number of amides is 3. The predicted molar refractivity (Wildman–Crippen MR) is 104 cm³/mol. The van der Waals surface area contributed by atoms with Crippen molar-refractivity contribution in [3.05, 3.63) is 29.8 Å². The molecular weight excluding hydrogens is 396 g/mol. The summed E-state index contributed by atoms with van der Waals surface area (Å²) in [7, 11) is 0. The first kappa shape index (κ1) is 20.7. The number of hydrogen-bond acceptors (Lipinski definition) is 5. The number of hydrogen-bond donors (Lipinski definition) is 4. The van der Waals surface area contributed by atoms with E-state index < -0.39 is 41.8 Å². The van der Waals surface area contributed by atoms with E-state index in [-0.39, 0.29) is 30.0 Å². The Kier molecular flexibility index (Phi) is 5.70. The highest BCUT2D eigenvalue weighted by Gasteiger charge is 2.49. The number of carbonyl (C=O) groups excluding carboxylic acids is 3. The van der Waals surface area contributed by atoms with Gasteiger partial charge in [0.1, 0.15) is 6.29 Å². The fourth-order valence-corrected chi connectivity index (χ4v) is 4.55. The van der Waals surface area contributed by atoms with Gasteiger partial charge < -0.3 is 16.0 Å². The fraction of sp³-hybridized carbons (Fsp3) is 0.550. The van der Waals surface area contributed by atoms with Gasteiger partial charge in [0.25, 0.3) is 0 Å². The normalized spacial score (nSPS) is 32.0. The van der Waals surface area contributed by atoms with E-state index >= 15 is 0 Å². The molecule has 5 atom stereocenters. The van der Waals surface area contributed by atoms with Crippen molar-refractivity contribution in [3.8, 4) is 0 Å². The molecule has 0 radical (unpaired) electrons. The smallest absolute Gasteiger partial charge is 0.229 e. The van der Waals surface area contributed by atoms with Crippen LogP contribution in [0.3, 0.4) is 0 Å². The molecule has 5 unspecified atom stereocenters. The van der Waals surface area contributed by atoms with Crippen LogP contribution in [0.25, 0.3) is 0 Å². The van der Waals surface area contributed by atoms with Crippen LogP contribution in [-0.2, 0) is 14.4 Å². The van der Waals surface area contributed by atoms with E-state index in [9.17, 15) is 23.2 Å². The van der Waals surface area contributed by atoms with Crippen LogP contribution in [0.4, 0.5) is 14.5 Å². The molecule has 10 heteroatoms. The monoisotopic (exact) mass is 421 g/mol. The molecule has 1 aromatic carbocycles. The van der Waals surface area contributed by atoms with Crippen LogP contribution in [0.5, 0.6) is 0 Å².